The summed E-state index contributed by atoms with van der Waals surface area (Å²) in [6, 6.07) is 14.4. The highest BCUT2D eigenvalue weighted by atomic mass is 32.1. The van der Waals surface area contributed by atoms with E-state index in [0.29, 0.717) is 18.8 Å². The van der Waals surface area contributed by atoms with Crippen LogP contribution in [0.5, 0.6) is 0 Å². The second-order valence-electron chi connectivity index (χ2n) is 6.47. The number of piperazine rings is 1. The molecule has 27 heavy (non-hydrogen) atoms. The molecule has 0 aliphatic carbocycles. The van der Waals surface area contributed by atoms with Gasteiger partial charge in [0.25, 0.3) is 0 Å². The molecule has 4 nitrogen and oxygen atoms in total. The van der Waals surface area contributed by atoms with Crippen molar-refractivity contribution in [3.05, 3.63) is 59.7 Å². The van der Waals surface area contributed by atoms with Gasteiger partial charge in [-0.1, -0.05) is 30.3 Å². The Hall–Kier alpha value is -2.32. The zero-order chi connectivity index (χ0) is 19.4. The van der Waals surface area contributed by atoms with Crippen LogP contribution in [0.15, 0.2) is 48.5 Å². The Labute approximate surface area is 161 Å². The van der Waals surface area contributed by atoms with Gasteiger partial charge in [-0.15, -0.1) is 0 Å². The number of alkyl halides is 3. The van der Waals surface area contributed by atoms with Crippen LogP contribution in [0.2, 0.25) is 0 Å². The summed E-state index contributed by atoms with van der Waals surface area (Å²) in [5.41, 5.74) is 6.23. The van der Waals surface area contributed by atoms with Crippen LogP contribution in [0, 0.1) is 0 Å². The number of anilines is 2. The number of hydrogen-bond acceptors (Lipinski definition) is 3. The van der Waals surface area contributed by atoms with Crippen molar-refractivity contribution >= 4 is 28.7 Å². The van der Waals surface area contributed by atoms with Crippen molar-refractivity contribution in [1.82, 2.24) is 4.90 Å². The van der Waals surface area contributed by atoms with Gasteiger partial charge < -0.3 is 16.0 Å². The highest BCUT2D eigenvalue weighted by molar-refractivity contribution is 7.80. The second kappa shape index (κ2) is 8.14. The van der Waals surface area contributed by atoms with Crippen molar-refractivity contribution in [1.29, 1.82) is 0 Å². The summed E-state index contributed by atoms with van der Waals surface area (Å²) in [7, 11) is 0. The molecule has 0 radical (unpaired) electrons. The van der Waals surface area contributed by atoms with Gasteiger partial charge in [-0.2, -0.15) is 13.2 Å². The summed E-state index contributed by atoms with van der Waals surface area (Å²) in [5, 5.41) is 2.22. The Morgan fingerprint density at radius 1 is 1.04 bits per heavy atom. The molecule has 0 unspecified atom stereocenters. The summed E-state index contributed by atoms with van der Waals surface area (Å²) >= 11 is 4.67. The van der Waals surface area contributed by atoms with Crippen LogP contribution in [0.4, 0.5) is 24.5 Å². The predicted octanol–water partition coefficient (Wildman–Crippen LogP) is 3.68. The Kier molecular flexibility index (Phi) is 5.86. The van der Waals surface area contributed by atoms with Crippen LogP contribution in [0.3, 0.4) is 0 Å². The fourth-order valence-corrected chi connectivity index (χ4v) is 3.32. The van der Waals surface area contributed by atoms with E-state index in [2.05, 4.69) is 34.6 Å². The molecule has 1 aliphatic rings. The van der Waals surface area contributed by atoms with Gasteiger partial charge >= 0.3 is 6.18 Å². The zero-order valence-corrected chi connectivity index (χ0v) is 15.5. The molecule has 3 rings (SSSR count). The van der Waals surface area contributed by atoms with Crippen LogP contribution >= 0.6 is 12.2 Å². The average Bonchev–Trinajstić information content (AvgIpc) is 2.62. The lowest BCUT2D eigenvalue weighted by Crippen LogP contribution is -2.46. The van der Waals surface area contributed by atoms with E-state index in [1.54, 1.807) is 6.07 Å². The quantitative estimate of drug-likeness (QED) is 0.775. The maximum Gasteiger partial charge on any atom is 0.418 e. The third-order valence-corrected chi connectivity index (χ3v) is 4.65. The number of hydrogen-bond donors (Lipinski definition) is 2. The van der Waals surface area contributed by atoms with Gasteiger partial charge in [0.15, 0.2) is 5.11 Å². The van der Waals surface area contributed by atoms with E-state index in [0.717, 1.165) is 25.7 Å². The molecule has 0 saturated carbocycles. The highest BCUT2D eigenvalue weighted by Gasteiger charge is 2.34. The normalized spacial score (nSPS) is 15.6. The molecule has 0 spiro atoms. The highest BCUT2D eigenvalue weighted by Crippen LogP contribution is 2.37. The monoisotopic (exact) mass is 394 g/mol. The third-order valence-electron chi connectivity index (χ3n) is 4.55. The molecule has 3 N–H and O–H groups in total. The van der Waals surface area contributed by atoms with Crippen molar-refractivity contribution < 1.29 is 13.2 Å². The molecule has 0 aromatic heterocycles. The van der Waals surface area contributed by atoms with Gasteiger partial charge in [-0.3, -0.25) is 4.90 Å². The van der Waals surface area contributed by atoms with Crippen LogP contribution in [-0.4, -0.2) is 36.2 Å². The summed E-state index contributed by atoms with van der Waals surface area (Å²) in [6.07, 6.45) is -4.49. The van der Waals surface area contributed by atoms with Crippen molar-refractivity contribution in [2.24, 2.45) is 5.73 Å². The number of nitrogens with two attached hydrogens (primary N) is 1. The first kappa shape index (κ1) is 19.4. The maximum absolute atomic E-state index is 13.4. The van der Waals surface area contributed by atoms with Gasteiger partial charge in [0.05, 0.1) is 11.3 Å². The molecular weight excluding hydrogens is 373 g/mol. The minimum atomic E-state index is -4.49. The number of benzene rings is 2. The molecule has 8 heteroatoms. The maximum atomic E-state index is 13.4. The molecule has 0 atom stereocenters. The molecule has 1 aliphatic heterocycles. The number of rotatable bonds is 4. The first-order valence-corrected chi connectivity index (χ1v) is 9.03. The van der Waals surface area contributed by atoms with E-state index >= 15 is 0 Å². The largest absolute Gasteiger partial charge is 0.418 e. The topological polar surface area (TPSA) is 44.5 Å². The SMILES string of the molecule is NC(=S)Nc1ccc(N2CCN(Cc3ccccc3)CC2)cc1C(F)(F)F. The molecule has 0 amide bonds. The lowest BCUT2D eigenvalue weighted by atomic mass is 10.1. The molecule has 2 aromatic carbocycles. The van der Waals surface area contributed by atoms with Gasteiger partial charge in [0.1, 0.15) is 0 Å². The fourth-order valence-electron chi connectivity index (χ4n) is 3.21. The van der Waals surface area contributed by atoms with E-state index < -0.39 is 11.7 Å². The van der Waals surface area contributed by atoms with Gasteiger partial charge in [-0.05, 0) is 36.0 Å². The zero-order valence-electron chi connectivity index (χ0n) is 14.7. The number of nitrogens with one attached hydrogen (secondary N) is 1. The fraction of sp³-hybridized carbons (Fsp3) is 0.316. The lowest BCUT2D eigenvalue weighted by Gasteiger charge is -2.36. The van der Waals surface area contributed by atoms with E-state index in [9.17, 15) is 13.2 Å². The molecule has 0 bridgehead atoms. The van der Waals surface area contributed by atoms with Gasteiger partial charge in [-0.25, -0.2) is 0 Å². The van der Waals surface area contributed by atoms with Gasteiger partial charge in [0.2, 0.25) is 0 Å². The molecule has 144 valence electrons. The summed E-state index contributed by atoms with van der Waals surface area (Å²) in [4.78, 5) is 4.28. The van der Waals surface area contributed by atoms with E-state index in [1.807, 2.05) is 23.1 Å². The molecule has 2 aromatic rings. The van der Waals surface area contributed by atoms with Crippen molar-refractivity contribution in [3.63, 3.8) is 0 Å². The van der Waals surface area contributed by atoms with Crippen LogP contribution in [0.1, 0.15) is 11.1 Å². The number of nitrogens with zero attached hydrogens (tertiary/aromatic N) is 2. The van der Waals surface area contributed by atoms with E-state index in [-0.39, 0.29) is 10.8 Å². The predicted molar refractivity (Wildman–Crippen MR) is 106 cm³/mol. The average molecular weight is 394 g/mol. The summed E-state index contributed by atoms with van der Waals surface area (Å²) < 4.78 is 40.2. The minimum absolute atomic E-state index is 0.124. The van der Waals surface area contributed by atoms with E-state index in [1.165, 1.54) is 11.6 Å². The summed E-state index contributed by atoms with van der Waals surface area (Å²) in [6.45, 7) is 3.78. The summed E-state index contributed by atoms with van der Waals surface area (Å²) in [5.74, 6) is 0. The smallest absolute Gasteiger partial charge is 0.376 e. The van der Waals surface area contributed by atoms with Crippen LogP contribution in [0.25, 0.3) is 0 Å². The van der Waals surface area contributed by atoms with Gasteiger partial charge in [0, 0.05) is 38.4 Å². The van der Waals surface area contributed by atoms with Crippen molar-refractivity contribution in [2.45, 2.75) is 12.7 Å². The van der Waals surface area contributed by atoms with Crippen molar-refractivity contribution in [3.8, 4) is 0 Å². The Morgan fingerprint density at radius 2 is 1.70 bits per heavy atom. The molecule has 1 heterocycles. The second-order valence-corrected chi connectivity index (χ2v) is 6.91. The Bertz CT molecular complexity index is 787. The minimum Gasteiger partial charge on any atom is -0.376 e. The number of halogens is 3. The Morgan fingerprint density at radius 3 is 2.30 bits per heavy atom. The first-order valence-electron chi connectivity index (χ1n) is 8.62. The molecule has 1 fully saturated rings. The third kappa shape index (κ3) is 5.11. The Balaban J connectivity index is 1.69. The first-order chi connectivity index (χ1) is 12.8. The molecular formula is C19H21F3N4S. The van der Waals surface area contributed by atoms with E-state index in [4.69, 9.17) is 5.73 Å². The van der Waals surface area contributed by atoms with Crippen LogP contribution < -0.4 is 16.0 Å². The van der Waals surface area contributed by atoms with Crippen LogP contribution in [-0.2, 0) is 12.7 Å². The number of thiocarbonyl (C=S) groups is 1. The standard InChI is InChI=1S/C19H21F3N4S/c20-19(21,22)16-12-15(6-7-17(16)24-18(23)27)26-10-8-25(9-11-26)13-14-4-2-1-3-5-14/h1-7,12H,8-11,13H2,(H3,23,24,27). The molecule has 1 saturated heterocycles. The lowest BCUT2D eigenvalue weighted by molar-refractivity contribution is -0.136. The van der Waals surface area contributed by atoms with Crippen molar-refractivity contribution in [2.75, 3.05) is 36.4 Å².